The summed E-state index contributed by atoms with van der Waals surface area (Å²) in [5.74, 6) is 1.85. The van der Waals surface area contributed by atoms with E-state index < -0.39 is 0 Å². The molecule has 2 fully saturated rings. The van der Waals surface area contributed by atoms with Gasteiger partial charge in [-0.25, -0.2) is 0 Å². The van der Waals surface area contributed by atoms with Crippen LogP contribution in [0, 0.1) is 11.8 Å². The van der Waals surface area contributed by atoms with Crippen molar-refractivity contribution in [3.63, 3.8) is 0 Å². The van der Waals surface area contributed by atoms with Crippen molar-refractivity contribution in [3.05, 3.63) is 18.0 Å². The first-order chi connectivity index (χ1) is 9.31. The van der Waals surface area contributed by atoms with Gasteiger partial charge in [0.05, 0.1) is 6.20 Å². The maximum absolute atomic E-state index is 4.28. The molecule has 2 aliphatic carbocycles. The molecule has 0 aromatic carbocycles. The molecule has 3 heteroatoms. The Labute approximate surface area is 116 Å². The summed E-state index contributed by atoms with van der Waals surface area (Å²) in [4.78, 5) is 0. The van der Waals surface area contributed by atoms with Crippen molar-refractivity contribution < 1.29 is 0 Å². The predicted molar refractivity (Wildman–Crippen MR) is 78.0 cm³/mol. The van der Waals surface area contributed by atoms with Crippen LogP contribution in [-0.2, 0) is 13.5 Å². The maximum atomic E-state index is 4.28. The molecule has 0 saturated heterocycles. The third-order valence-electron chi connectivity index (χ3n) is 4.87. The number of hydrogen-bond acceptors (Lipinski definition) is 2. The van der Waals surface area contributed by atoms with Gasteiger partial charge in [-0.15, -0.1) is 0 Å². The van der Waals surface area contributed by atoms with Crippen molar-refractivity contribution in [2.45, 2.75) is 57.4 Å². The molecule has 1 heterocycles. The fourth-order valence-electron chi connectivity index (χ4n) is 3.49. The summed E-state index contributed by atoms with van der Waals surface area (Å²) in [7, 11) is 2.01. The van der Waals surface area contributed by atoms with Gasteiger partial charge >= 0.3 is 0 Å². The standard InChI is InChI=1S/C16H27N3/c1-19-12-13(10-18-19)6-7-15(11-17-16-8-9-16)14-4-2-3-5-14/h10,12,14-17H,2-9,11H2,1H3. The second kappa shape index (κ2) is 6.08. The molecule has 0 amide bonds. The van der Waals surface area contributed by atoms with E-state index in [4.69, 9.17) is 0 Å². The SMILES string of the molecule is Cn1cc(CCC(CNC2CC2)C2CCCC2)cn1. The Hall–Kier alpha value is -0.830. The highest BCUT2D eigenvalue weighted by atomic mass is 15.2. The zero-order valence-corrected chi connectivity index (χ0v) is 12.1. The van der Waals surface area contributed by atoms with E-state index in [2.05, 4.69) is 16.6 Å². The van der Waals surface area contributed by atoms with E-state index in [-0.39, 0.29) is 0 Å². The summed E-state index contributed by atoms with van der Waals surface area (Å²) in [5.41, 5.74) is 1.40. The molecule has 1 aromatic heterocycles. The second-order valence-corrected chi connectivity index (χ2v) is 6.55. The Morgan fingerprint density at radius 1 is 1.32 bits per heavy atom. The van der Waals surface area contributed by atoms with Gasteiger partial charge in [0.25, 0.3) is 0 Å². The summed E-state index contributed by atoms with van der Waals surface area (Å²) in [6, 6.07) is 0.849. The quantitative estimate of drug-likeness (QED) is 0.818. The lowest BCUT2D eigenvalue weighted by atomic mass is 9.86. The van der Waals surface area contributed by atoms with E-state index in [0.717, 1.165) is 17.9 Å². The van der Waals surface area contributed by atoms with E-state index in [0.29, 0.717) is 0 Å². The van der Waals surface area contributed by atoms with Gasteiger partial charge in [-0.2, -0.15) is 5.10 Å². The molecular formula is C16H27N3. The van der Waals surface area contributed by atoms with Crippen LogP contribution < -0.4 is 5.32 Å². The summed E-state index contributed by atoms with van der Waals surface area (Å²) < 4.78 is 1.92. The van der Waals surface area contributed by atoms with Crippen molar-refractivity contribution in [1.29, 1.82) is 0 Å². The number of aryl methyl sites for hydroxylation is 2. The zero-order valence-electron chi connectivity index (χ0n) is 12.1. The van der Waals surface area contributed by atoms with Gasteiger partial charge in [-0.3, -0.25) is 4.68 Å². The summed E-state index contributed by atoms with van der Waals surface area (Å²) in [6.45, 7) is 1.25. The normalized spacial score (nSPS) is 21.9. The van der Waals surface area contributed by atoms with Gasteiger partial charge in [0.15, 0.2) is 0 Å². The average Bonchev–Trinajstić information content (AvgIpc) is 2.89. The minimum atomic E-state index is 0.849. The second-order valence-electron chi connectivity index (χ2n) is 6.55. The first-order valence-electron chi connectivity index (χ1n) is 8.02. The van der Waals surface area contributed by atoms with Crippen LogP contribution in [0.4, 0.5) is 0 Å². The van der Waals surface area contributed by atoms with Gasteiger partial charge < -0.3 is 5.32 Å². The predicted octanol–water partition coefficient (Wildman–Crippen LogP) is 2.91. The molecule has 3 nitrogen and oxygen atoms in total. The molecule has 106 valence electrons. The molecule has 1 unspecified atom stereocenters. The molecule has 1 atom stereocenters. The lowest BCUT2D eigenvalue weighted by Gasteiger charge is -2.23. The van der Waals surface area contributed by atoms with Crippen LogP contribution in [-0.4, -0.2) is 22.4 Å². The Kier molecular flexibility index (Phi) is 4.21. The van der Waals surface area contributed by atoms with E-state index in [1.165, 1.54) is 63.5 Å². The maximum Gasteiger partial charge on any atom is 0.0521 e. The van der Waals surface area contributed by atoms with E-state index >= 15 is 0 Å². The lowest BCUT2D eigenvalue weighted by molar-refractivity contribution is 0.304. The highest BCUT2D eigenvalue weighted by molar-refractivity contribution is 5.04. The molecule has 0 spiro atoms. The first kappa shape index (κ1) is 13.2. The molecule has 2 aliphatic rings. The molecule has 3 rings (SSSR count). The minimum absolute atomic E-state index is 0.849. The van der Waals surface area contributed by atoms with E-state index in [1.807, 2.05) is 17.9 Å². The minimum Gasteiger partial charge on any atom is -0.314 e. The summed E-state index contributed by atoms with van der Waals surface area (Å²) in [6.07, 6.45) is 15.4. The van der Waals surface area contributed by atoms with Gasteiger partial charge in [-0.1, -0.05) is 25.7 Å². The number of aromatic nitrogens is 2. The number of nitrogens with one attached hydrogen (secondary N) is 1. The van der Waals surface area contributed by atoms with Crippen LogP contribution in [0.25, 0.3) is 0 Å². The van der Waals surface area contributed by atoms with E-state index in [9.17, 15) is 0 Å². The van der Waals surface area contributed by atoms with Gasteiger partial charge in [0, 0.05) is 19.3 Å². The first-order valence-corrected chi connectivity index (χ1v) is 8.02. The van der Waals surface area contributed by atoms with Crippen molar-refractivity contribution in [1.82, 2.24) is 15.1 Å². The van der Waals surface area contributed by atoms with Crippen LogP contribution in [0.15, 0.2) is 12.4 Å². The smallest absolute Gasteiger partial charge is 0.0521 e. The monoisotopic (exact) mass is 261 g/mol. The molecular weight excluding hydrogens is 234 g/mol. The largest absolute Gasteiger partial charge is 0.314 e. The fourth-order valence-corrected chi connectivity index (χ4v) is 3.49. The Morgan fingerprint density at radius 2 is 2.11 bits per heavy atom. The average molecular weight is 261 g/mol. The molecule has 0 aliphatic heterocycles. The van der Waals surface area contributed by atoms with Crippen LogP contribution in [0.5, 0.6) is 0 Å². The molecule has 0 bridgehead atoms. The number of nitrogens with zero attached hydrogens (tertiary/aromatic N) is 2. The Bertz CT molecular complexity index is 388. The summed E-state index contributed by atoms with van der Waals surface area (Å²) in [5, 5.41) is 8.03. The van der Waals surface area contributed by atoms with Crippen LogP contribution in [0.2, 0.25) is 0 Å². The van der Waals surface area contributed by atoms with Gasteiger partial charge in [0.1, 0.15) is 0 Å². The van der Waals surface area contributed by atoms with Crippen molar-refractivity contribution in [2.24, 2.45) is 18.9 Å². The number of hydrogen-bond donors (Lipinski definition) is 1. The molecule has 1 N–H and O–H groups in total. The zero-order chi connectivity index (χ0) is 13.1. The Balaban J connectivity index is 1.51. The van der Waals surface area contributed by atoms with E-state index in [1.54, 1.807) is 0 Å². The van der Waals surface area contributed by atoms with Gasteiger partial charge in [-0.05, 0) is 49.6 Å². The van der Waals surface area contributed by atoms with Crippen LogP contribution in [0.1, 0.15) is 50.5 Å². The van der Waals surface area contributed by atoms with Crippen molar-refractivity contribution in [3.8, 4) is 0 Å². The number of rotatable bonds is 7. The molecule has 2 saturated carbocycles. The highest BCUT2D eigenvalue weighted by Gasteiger charge is 2.27. The third kappa shape index (κ3) is 3.82. The molecule has 1 aromatic rings. The Morgan fingerprint density at radius 3 is 2.74 bits per heavy atom. The van der Waals surface area contributed by atoms with Crippen molar-refractivity contribution in [2.75, 3.05) is 6.54 Å². The fraction of sp³-hybridized carbons (Fsp3) is 0.812. The highest BCUT2D eigenvalue weighted by Crippen LogP contribution is 2.34. The summed E-state index contributed by atoms with van der Waals surface area (Å²) >= 11 is 0. The lowest BCUT2D eigenvalue weighted by Crippen LogP contribution is -2.29. The van der Waals surface area contributed by atoms with Gasteiger partial charge in [0.2, 0.25) is 0 Å². The molecule has 0 radical (unpaired) electrons. The van der Waals surface area contributed by atoms with Crippen molar-refractivity contribution >= 4 is 0 Å². The van der Waals surface area contributed by atoms with Crippen LogP contribution in [0.3, 0.4) is 0 Å². The topological polar surface area (TPSA) is 29.9 Å². The molecule has 19 heavy (non-hydrogen) atoms. The van der Waals surface area contributed by atoms with Crippen LogP contribution >= 0.6 is 0 Å². The third-order valence-corrected chi connectivity index (χ3v) is 4.87.